The third-order valence-corrected chi connectivity index (χ3v) is 4.27. The lowest BCUT2D eigenvalue weighted by Gasteiger charge is -2.11. The molecule has 1 unspecified atom stereocenters. The molecule has 6 heteroatoms. The molecule has 0 fully saturated rings. The first-order chi connectivity index (χ1) is 8.58. The third-order valence-electron chi connectivity index (χ3n) is 2.60. The van der Waals surface area contributed by atoms with Crippen LogP contribution in [0.4, 0.5) is 0 Å². The summed E-state index contributed by atoms with van der Waals surface area (Å²) in [5.74, 6) is 0.795. The van der Waals surface area contributed by atoms with Gasteiger partial charge in [0.05, 0.1) is 11.7 Å². The summed E-state index contributed by atoms with van der Waals surface area (Å²) in [4.78, 5) is 1.23. The monoisotopic (exact) mass is 326 g/mol. The molecule has 1 aromatic heterocycles. The Hall–Kier alpha value is -0.850. The van der Waals surface area contributed by atoms with Crippen LogP contribution in [0.3, 0.4) is 0 Å². The van der Waals surface area contributed by atoms with Gasteiger partial charge in [-0.25, -0.2) is 4.68 Å². The molecule has 0 amide bonds. The molecule has 4 nitrogen and oxygen atoms in total. The lowest BCUT2D eigenvalue weighted by Crippen LogP contribution is -2.17. The first-order valence-corrected chi connectivity index (χ1v) is 7.36. The zero-order valence-electron chi connectivity index (χ0n) is 10.3. The molecule has 0 aliphatic rings. The number of rotatable bonds is 4. The number of thioether (sulfide) groups is 1. The van der Waals surface area contributed by atoms with Crippen LogP contribution in [0.1, 0.15) is 17.3 Å². The van der Waals surface area contributed by atoms with Gasteiger partial charge in [0.15, 0.2) is 4.60 Å². The molecular weight excluding hydrogens is 312 g/mol. The summed E-state index contributed by atoms with van der Waals surface area (Å²) in [5.41, 5.74) is 8.36. The molecule has 18 heavy (non-hydrogen) atoms. The van der Waals surface area contributed by atoms with Gasteiger partial charge >= 0.3 is 0 Å². The molecule has 0 radical (unpaired) electrons. The maximum Gasteiger partial charge on any atom is 0.153 e. The van der Waals surface area contributed by atoms with Gasteiger partial charge in [-0.05, 0) is 35.0 Å². The minimum atomic E-state index is -0.0927. The van der Waals surface area contributed by atoms with Crippen molar-refractivity contribution >= 4 is 27.7 Å². The number of nitrogens with zero attached hydrogens (tertiary/aromatic N) is 3. The number of aromatic nitrogens is 3. The summed E-state index contributed by atoms with van der Waals surface area (Å²) < 4.78 is 2.44. The van der Waals surface area contributed by atoms with Gasteiger partial charge in [0.25, 0.3) is 0 Å². The summed E-state index contributed by atoms with van der Waals surface area (Å²) in [6.07, 6.45) is 0. The Morgan fingerprint density at radius 2 is 2.28 bits per heavy atom. The second-order valence-corrected chi connectivity index (χ2v) is 5.97. The highest BCUT2D eigenvalue weighted by atomic mass is 79.9. The molecular formula is C12H15BrN4S. The number of aryl methyl sites for hydroxylation is 2. The van der Waals surface area contributed by atoms with Crippen molar-refractivity contribution in [2.24, 2.45) is 12.8 Å². The van der Waals surface area contributed by atoms with E-state index in [1.807, 2.05) is 7.05 Å². The molecule has 2 rings (SSSR count). The summed E-state index contributed by atoms with van der Waals surface area (Å²) in [7, 11) is 1.85. The highest BCUT2D eigenvalue weighted by Gasteiger charge is 2.16. The molecule has 96 valence electrons. The fourth-order valence-electron chi connectivity index (χ4n) is 1.70. The van der Waals surface area contributed by atoms with E-state index in [1.165, 1.54) is 10.5 Å². The molecule has 0 saturated carbocycles. The topological polar surface area (TPSA) is 56.7 Å². The number of halogens is 1. The Bertz CT molecular complexity index is 521. The van der Waals surface area contributed by atoms with Gasteiger partial charge in [-0.3, -0.25) is 0 Å². The van der Waals surface area contributed by atoms with E-state index in [9.17, 15) is 0 Å². The van der Waals surface area contributed by atoms with E-state index < -0.39 is 0 Å². The van der Waals surface area contributed by atoms with Gasteiger partial charge < -0.3 is 5.73 Å². The Balaban J connectivity index is 2.03. The molecule has 1 atom stereocenters. The highest BCUT2D eigenvalue weighted by Crippen LogP contribution is 2.26. The Kier molecular flexibility index (Phi) is 4.42. The molecule has 0 aliphatic carbocycles. The van der Waals surface area contributed by atoms with Crippen LogP contribution >= 0.6 is 27.7 Å². The number of hydrogen-bond donors (Lipinski definition) is 1. The molecule has 0 spiro atoms. The number of benzene rings is 1. The fraction of sp³-hybridized carbons (Fsp3) is 0.333. The van der Waals surface area contributed by atoms with Crippen LogP contribution in [0.15, 0.2) is 33.8 Å². The molecule has 0 saturated heterocycles. The molecule has 0 bridgehead atoms. The minimum Gasteiger partial charge on any atom is -0.322 e. The van der Waals surface area contributed by atoms with Gasteiger partial charge in [-0.1, -0.05) is 22.9 Å². The van der Waals surface area contributed by atoms with Crippen LogP contribution in [0.2, 0.25) is 0 Å². The van der Waals surface area contributed by atoms with Crippen LogP contribution in [0, 0.1) is 6.92 Å². The quantitative estimate of drug-likeness (QED) is 0.877. The molecule has 1 heterocycles. The van der Waals surface area contributed by atoms with E-state index >= 15 is 0 Å². The Labute approximate surface area is 119 Å². The van der Waals surface area contributed by atoms with E-state index in [1.54, 1.807) is 16.4 Å². The lowest BCUT2D eigenvalue weighted by molar-refractivity contribution is 0.640. The average molecular weight is 327 g/mol. The van der Waals surface area contributed by atoms with E-state index in [0.29, 0.717) is 0 Å². The molecule has 2 N–H and O–H groups in total. The van der Waals surface area contributed by atoms with Crippen LogP contribution in [0.5, 0.6) is 0 Å². The van der Waals surface area contributed by atoms with E-state index in [2.05, 4.69) is 57.4 Å². The summed E-state index contributed by atoms with van der Waals surface area (Å²) in [6.45, 7) is 2.09. The largest absolute Gasteiger partial charge is 0.322 e. The average Bonchev–Trinajstić information content (AvgIpc) is 2.66. The summed E-state index contributed by atoms with van der Waals surface area (Å²) in [5, 5.41) is 7.88. The minimum absolute atomic E-state index is 0.0927. The van der Waals surface area contributed by atoms with Gasteiger partial charge in [0.2, 0.25) is 0 Å². The van der Waals surface area contributed by atoms with Crippen molar-refractivity contribution in [1.29, 1.82) is 0 Å². The third kappa shape index (κ3) is 3.13. The van der Waals surface area contributed by atoms with Crippen molar-refractivity contribution in [3.63, 3.8) is 0 Å². The van der Waals surface area contributed by atoms with Crippen molar-refractivity contribution in [1.82, 2.24) is 15.0 Å². The van der Waals surface area contributed by atoms with Crippen molar-refractivity contribution in [3.8, 4) is 0 Å². The van der Waals surface area contributed by atoms with Crippen molar-refractivity contribution in [3.05, 3.63) is 40.1 Å². The van der Waals surface area contributed by atoms with Crippen molar-refractivity contribution in [2.45, 2.75) is 17.9 Å². The maximum atomic E-state index is 6.18. The first kappa shape index (κ1) is 13.6. The van der Waals surface area contributed by atoms with Gasteiger partial charge in [-0.15, -0.1) is 16.9 Å². The van der Waals surface area contributed by atoms with Crippen molar-refractivity contribution < 1.29 is 0 Å². The first-order valence-electron chi connectivity index (χ1n) is 5.58. The predicted octanol–water partition coefficient (Wildman–Crippen LogP) is 2.68. The zero-order valence-corrected chi connectivity index (χ0v) is 12.7. The van der Waals surface area contributed by atoms with Gasteiger partial charge in [-0.2, -0.15) is 0 Å². The van der Waals surface area contributed by atoms with Crippen LogP contribution in [-0.2, 0) is 7.05 Å². The lowest BCUT2D eigenvalue weighted by atomic mass is 10.2. The van der Waals surface area contributed by atoms with Crippen LogP contribution in [-0.4, -0.2) is 20.7 Å². The van der Waals surface area contributed by atoms with E-state index in [-0.39, 0.29) is 6.04 Å². The Morgan fingerprint density at radius 3 is 2.89 bits per heavy atom. The number of hydrogen-bond acceptors (Lipinski definition) is 4. The zero-order chi connectivity index (χ0) is 13.1. The fourth-order valence-corrected chi connectivity index (χ4v) is 3.30. The second-order valence-electron chi connectivity index (χ2n) is 4.12. The summed E-state index contributed by atoms with van der Waals surface area (Å²) >= 11 is 5.12. The van der Waals surface area contributed by atoms with Crippen LogP contribution in [0.25, 0.3) is 0 Å². The Morgan fingerprint density at radius 1 is 1.50 bits per heavy atom. The highest BCUT2D eigenvalue weighted by molar-refractivity contribution is 9.10. The SMILES string of the molecule is Cc1cccc(SCC(N)c2c(Br)nnn2C)c1. The maximum absolute atomic E-state index is 6.18. The smallest absolute Gasteiger partial charge is 0.153 e. The predicted molar refractivity (Wildman–Crippen MR) is 77.5 cm³/mol. The van der Waals surface area contributed by atoms with Gasteiger partial charge in [0, 0.05) is 17.7 Å². The number of nitrogens with two attached hydrogens (primary N) is 1. The van der Waals surface area contributed by atoms with E-state index in [4.69, 9.17) is 5.73 Å². The summed E-state index contributed by atoms with van der Waals surface area (Å²) in [6, 6.07) is 8.32. The van der Waals surface area contributed by atoms with Gasteiger partial charge in [0.1, 0.15) is 0 Å². The van der Waals surface area contributed by atoms with Crippen LogP contribution < -0.4 is 5.73 Å². The normalized spacial score (nSPS) is 12.7. The molecule has 2 aromatic rings. The molecule has 0 aliphatic heterocycles. The standard InChI is InChI=1S/C12H15BrN4S/c1-8-4-3-5-9(6-8)18-7-10(14)11-12(13)15-16-17(11)2/h3-6,10H,7,14H2,1-2H3. The molecule has 1 aromatic carbocycles. The van der Waals surface area contributed by atoms with E-state index in [0.717, 1.165) is 16.0 Å². The second kappa shape index (κ2) is 5.86. The van der Waals surface area contributed by atoms with Crippen molar-refractivity contribution in [2.75, 3.05) is 5.75 Å².